The lowest BCUT2D eigenvalue weighted by Crippen LogP contribution is -2.47. The van der Waals surface area contributed by atoms with Crippen molar-refractivity contribution in [2.24, 2.45) is 0 Å². The van der Waals surface area contributed by atoms with Gasteiger partial charge in [0.15, 0.2) is 0 Å². The van der Waals surface area contributed by atoms with E-state index in [4.69, 9.17) is 0 Å². The molecule has 24 heavy (non-hydrogen) atoms. The maximum atomic E-state index is 12.2. The normalized spacial score (nSPS) is 13.4. The van der Waals surface area contributed by atoms with Crippen LogP contribution < -0.4 is 0 Å². The van der Waals surface area contributed by atoms with Crippen LogP contribution in [0.4, 0.5) is 22.0 Å². The lowest BCUT2D eigenvalue weighted by atomic mass is 10.1. The molecular weight excluding hydrogens is 357 g/mol. The molecule has 0 bridgehead atoms. The zero-order valence-corrected chi connectivity index (χ0v) is 15.4. The molecule has 0 aliphatic carbocycles. The van der Waals surface area contributed by atoms with E-state index >= 15 is 0 Å². The number of unbranched alkanes of at least 4 members (excludes halogenated alkanes) is 1. The van der Waals surface area contributed by atoms with Crippen molar-refractivity contribution in [3.8, 4) is 0 Å². The highest BCUT2D eigenvalue weighted by molar-refractivity contribution is 7.85. The Morgan fingerprint density at radius 2 is 1.21 bits per heavy atom. The quantitative estimate of drug-likeness (QED) is 0.263. The molecule has 0 aromatic rings. The monoisotopic (exact) mass is 385 g/mol. The lowest BCUT2D eigenvalue weighted by molar-refractivity contribution is -0.921. The van der Waals surface area contributed by atoms with E-state index in [1.807, 2.05) is 0 Å². The van der Waals surface area contributed by atoms with Gasteiger partial charge in [0.2, 0.25) is 0 Å². The van der Waals surface area contributed by atoms with Gasteiger partial charge >= 0.3 is 12.1 Å². The lowest BCUT2D eigenvalue weighted by Gasteiger charge is -2.34. The molecule has 0 saturated heterocycles. The SMILES string of the molecule is CC[N+](CC)(CC)CC.O=S(=O)([O-])CCCCC(F)(F)C(F)(F)F. The molecule has 0 N–H and O–H groups in total. The van der Waals surface area contributed by atoms with Crippen LogP contribution >= 0.6 is 0 Å². The van der Waals surface area contributed by atoms with Crippen molar-refractivity contribution in [2.45, 2.75) is 59.1 Å². The summed E-state index contributed by atoms with van der Waals surface area (Å²) >= 11 is 0. The van der Waals surface area contributed by atoms with E-state index in [2.05, 4.69) is 27.7 Å². The van der Waals surface area contributed by atoms with Crippen molar-refractivity contribution in [1.82, 2.24) is 0 Å². The summed E-state index contributed by atoms with van der Waals surface area (Å²) in [7, 11) is -4.55. The van der Waals surface area contributed by atoms with Gasteiger partial charge in [-0.25, -0.2) is 8.42 Å². The fraction of sp³-hybridized carbons (Fsp3) is 1.00. The van der Waals surface area contributed by atoms with Crippen molar-refractivity contribution in [3.05, 3.63) is 0 Å². The highest BCUT2D eigenvalue weighted by Gasteiger charge is 2.56. The molecule has 0 saturated carbocycles. The Labute approximate surface area is 141 Å². The number of hydrogen-bond acceptors (Lipinski definition) is 3. The van der Waals surface area contributed by atoms with Crippen LogP contribution in [-0.2, 0) is 10.1 Å². The van der Waals surface area contributed by atoms with Gasteiger partial charge in [-0.3, -0.25) is 0 Å². The van der Waals surface area contributed by atoms with Gasteiger partial charge in [-0.2, -0.15) is 22.0 Å². The summed E-state index contributed by atoms with van der Waals surface area (Å²) in [6.07, 6.45) is -8.32. The average molecular weight is 385 g/mol. The van der Waals surface area contributed by atoms with Crippen molar-refractivity contribution in [1.29, 1.82) is 0 Å². The third kappa shape index (κ3) is 10.4. The van der Waals surface area contributed by atoms with Gasteiger partial charge in [0.25, 0.3) is 0 Å². The maximum absolute atomic E-state index is 12.2. The van der Waals surface area contributed by atoms with Crippen molar-refractivity contribution < 1.29 is 39.4 Å². The molecule has 0 aliphatic rings. The van der Waals surface area contributed by atoms with Gasteiger partial charge < -0.3 is 9.04 Å². The number of nitrogens with zero attached hydrogens (tertiary/aromatic N) is 1. The minimum atomic E-state index is -5.64. The summed E-state index contributed by atoms with van der Waals surface area (Å²) in [6, 6.07) is 0. The first-order valence-electron chi connectivity index (χ1n) is 7.93. The standard InChI is InChI=1S/C8H20N.C6H9F5O3S/c1-5-9(6-2,7-3)8-4;7-5(8,6(9,10)11)3-1-2-4-15(12,13)14/h5-8H2,1-4H3;1-4H2,(H,12,13,14)/q+1;/p-1. The van der Waals surface area contributed by atoms with Crippen LogP contribution in [0.2, 0.25) is 0 Å². The molecule has 148 valence electrons. The Balaban J connectivity index is 0. The molecule has 0 heterocycles. The molecule has 0 atom stereocenters. The molecule has 0 fully saturated rings. The van der Waals surface area contributed by atoms with Crippen LogP contribution in [0.1, 0.15) is 47.0 Å². The average Bonchev–Trinajstić information content (AvgIpc) is 2.45. The number of hydrogen-bond donors (Lipinski definition) is 0. The smallest absolute Gasteiger partial charge is 0.453 e. The number of alkyl halides is 5. The number of rotatable bonds is 9. The predicted molar refractivity (Wildman–Crippen MR) is 81.8 cm³/mol. The Kier molecular flexibility index (Phi) is 11.3. The largest absolute Gasteiger partial charge is 0.748 e. The van der Waals surface area contributed by atoms with Crippen LogP contribution in [0.5, 0.6) is 0 Å². The third-order valence-electron chi connectivity index (χ3n) is 4.23. The second-order valence-corrected chi connectivity index (χ2v) is 7.05. The highest BCUT2D eigenvalue weighted by Crippen LogP contribution is 2.39. The Morgan fingerprint density at radius 1 is 0.833 bits per heavy atom. The maximum Gasteiger partial charge on any atom is 0.453 e. The fourth-order valence-electron chi connectivity index (χ4n) is 2.11. The van der Waals surface area contributed by atoms with E-state index in [1.54, 1.807) is 0 Å². The second-order valence-electron chi connectivity index (χ2n) is 5.53. The Hall–Kier alpha value is -0.480. The molecule has 0 aromatic carbocycles. The Bertz CT molecular complexity index is 417. The molecular formula is C14H28F5NO3S. The molecule has 0 amide bonds. The minimum absolute atomic E-state index is 0.502. The summed E-state index contributed by atoms with van der Waals surface area (Å²) in [6.45, 7) is 14.2. The van der Waals surface area contributed by atoms with Crippen LogP contribution in [0.3, 0.4) is 0 Å². The van der Waals surface area contributed by atoms with E-state index in [9.17, 15) is 34.9 Å². The van der Waals surface area contributed by atoms with Gasteiger partial charge in [-0.05, 0) is 40.5 Å². The highest BCUT2D eigenvalue weighted by atomic mass is 32.2. The van der Waals surface area contributed by atoms with Crippen LogP contribution in [-0.4, -0.2) is 61.5 Å². The Morgan fingerprint density at radius 3 is 1.42 bits per heavy atom. The zero-order chi connectivity index (χ0) is 19.7. The van der Waals surface area contributed by atoms with E-state index in [0.717, 1.165) is 0 Å². The van der Waals surface area contributed by atoms with E-state index in [0.29, 0.717) is 0 Å². The minimum Gasteiger partial charge on any atom is -0.748 e. The van der Waals surface area contributed by atoms with Gasteiger partial charge in [-0.15, -0.1) is 0 Å². The third-order valence-corrected chi connectivity index (χ3v) is 5.02. The van der Waals surface area contributed by atoms with Gasteiger partial charge in [0.05, 0.1) is 36.3 Å². The first-order valence-corrected chi connectivity index (χ1v) is 9.51. The predicted octanol–water partition coefficient (Wildman–Crippen LogP) is 3.78. The van der Waals surface area contributed by atoms with Crippen molar-refractivity contribution in [3.63, 3.8) is 0 Å². The summed E-state index contributed by atoms with van der Waals surface area (Å²) < 4.78 is 90.3. The van der Waals surface area contributed by atoms with E-state index in [-0.39, 0.29) is 0 Å². The van der Waals surface area contributed by atoms with Gasteiger partial charge in [0.1, 0.15) is 0 Å². The first kappa shape index (κ1) is 25.8. The molecule has 0 aliphatic heterocycles. The van der Waals surface area contributed by atoms with Gasteiger partial charge in [-0.1, -0.05) is 0 Å². The zero-order valence-electron chi connectivity index (χ0n) is 14.6. The topological polar surface area (TPSA) is 57.2 Å². The molecule has 0 spiro atoms. The second kappa shape index (κ2) is 10.5. The molecule has 4 nitrogen and oxygen atoms in total. The molecule has 0 unspecified atom stereocenters. The van der Waals surface area contributed by atoms with Crippen LogP contribution in [0.25, 0.3) is 0 Å². The van der Waals surface area contributed by atoms with Crippen LogP contribution in [0.15, 0.2) is 0 Å². The van der Waals surface area contributed by atoms with Crippen LogP contribution in [0, 0.1) is 0 Å². The summed E-state index contributed by atoms with van der Waals surface area (Å²) in [5, 5.41) is 0. The fourth-order valence-corrected chi connectivity index (χ4v) is 2.67. The molecule has 10 heteroatoms. The van der Waals surface area contributed by atoms with E-state index < -0.39 is 47.2 Å². The molecule has 0 aromatic heterocycles. The van der Waals surface area contributed by atoms with Crippen molar-refractivity contribution >= 4 is 10.1 Å². The number of quaternary nitrogens is 1. The number of halogens is 5. The molecule has 0 radical (unpaired) electrons. The first-order chi connectivity index (χ1) is 10.7. The van der Waals surface area contributed by atoms with Gasteiger partial charge in [0, 0.05) is 12.2 Å². The van der Waals surface area contributed by atoms with Crippen molar-refractivity contribution in [2.75, 3.05) is 31.9 Å². The summed E-state index contributed by atoms with van der Waals surface area (Å²) in [4.78, 5) is 0. The summed E-state index contributed by atoms with van der Waals surface area (Å²) in [5.74, 6) is -5.76. The molecule has 0 rings (SSSR count). The summed E-state index contributed by atoms with van der Waals surface area (Å²) in [5.41, 5.74) is 0. The van der Waals surface area contributed by atoms with E-state index in [1.165, 1.54) is 30.7 Å².